The van der Waals surface area contributed by atoms with E-state index < -0.39 is 0 Å². The predicted molar refractivity (Wildman–Crippen MR) is 75.7 cm³/mol. The van der Waals surface area contributed by atoms with Gasteiger partial charge in [0.1, 0.15) is 18.1 Å². The van der Waals surface area contributed by atoms with Crippen LogP contribution in [0.25, 0.3) is 0 Å². The molecule has 0 bridgehead atoms. The first kappa shape index (κ1) is 13.7. The van der Waals surface area contributed by atoms with Gasteiger partial charge < -0.3 is 20.8 Å². The van der Waals surface area contributed by atoms with E-state index in [-0.39, 0.29) is 17.2 Å². The van der Waals surface area contributed by atoms with Crippen LogP contribution in [0.3, 0.4) is 0 Å². The highest BCUT2D eigenvalue weighted by Gasteiger charge is 2.04. The van der Waals surface area contributed by atoms with Gasteiger partial charge in [-0.05, 0) is 30.3 Å². The summed E-state index contributed by atoms with van der Waals surface area (Å²) in [6.45, 7) is 0.660. The molecule has 0 unspecified atom stereocenters. The van der Waals surface area contributed by atoms with Crippen molar-refractivity contribution in [3.8, 4) is 5.75 Å². The number of aromatic nitrogens is 1. The Hall–Kier alpha value is -2.76. The zero-order valence-electron chi connectivity index (χ0n) is 10.8. The molecule has 0 aliphatic heterocycles. The summed E-state index contributed by atoms with van der Waals surface area (Å²) in [6, 6.07) is 11.4. The van der Waals surface area contributed by atoms with Crippen molar-refractivity contribution in [3.05, 3.63) is 58.5 Å². The second-order valence-corrected chi connectivity index (χ2v) is 4.10. The number of nitrogen functional groups attached to an aromatic ring is 1. The van der Waals surface area contributed by atoms with Crippen molar-refractivity contribution in [2.75, 3.05) is 18.9 Å². The number of nitrogens with one attached hydrogen (secondary N) is 2. The number of carbonyl (C=O) groups excluding carboxylic acids is 1. The lowest BCUT2D eigenvalue weighted by atomic mass is 10.3. The zero-order chi connectivity index (χ0) is 14.4. The SMILES string of the molecule is Nc1ccc(OCCNC(=O)c2cccc(=O)[nH]2)cc1. The Morgan fingerprint density at radius 2 is 1.95 bits per heavy atom. The molecule has 0 saturated heterocycles. The number of aromatic amines is 1. The minimum atomic E-state index is -0.344. The normalized spacial score (nSPS) is 10.0. The van der Waals surface area contributed by atoms with Crippen molar-refractivity contribution >= 4 is 11.6 Å². The van der Waals surface area contributed by atoms with Gasteiger partial charge in [-0.2, -0.15) is 0 Å². The van der Waals surface area contributed by atoms with E-state index in [4.69, 9.17) is 10.5 Å². The van der Waals surface area contributed by atoms with E-state index >= 15 is 0 Å². The molecule has 4 N–H and O–H groups in total. The van der Waals surface area contributed by atoms with Gasteiger partial charge in [-0.1, -0.05) is 6.07 Å². The van der Waals surface area contributed by atoms with Gasteiger partial charge in [-0.25, -0.2) is 0 Å². The molecule has 1 aromatic carbocycles. The average molecular weight is 273 g/mol. The fourth-order valence-electron chi connectivity index (χ4n) is 1.57. The highest BCUT2D eigenvalue weighted by atomic mass is 16.5. The number of hydrogen-bond donors (Lipinski definition) is 3. The van der Waals surface area contributed by atoms with E-state index in [1.165, 1.54) is 18.2 Å². The van der Waals surface area contributed by atoms with Gasteiger partial charge in [-0.3, -0.25) is 9.59 Å². The van der Waals surface area contributed by atoms with Gasteiger partial charge >= 0.3 is 0 Å². The Morgan fingerprint density at radius 3 is 2.65 bits per heavy atom. The number of anilines is 1. The summed E-state index contributed by atoms with van der Waals surface area (Å²) in [4.78, 5) is 25.2. The van der Waals surface area contributed by atoms with Crippen LogP contribution in [-0.2, 0) is 0 Å². The number of benzene rings is 1. The molecule has 1 heterocycles. The Morgan fingerprint density at radius 1 is 1.20 bits per heavy atom. The van der Waals surface area contributed by atoms with Crippen LogP contribution in [0, 0.1) is 0 Å². The Bertz CT molecular complexity index is 635. The predicted octanol–water partition coefficient (Wildman–Crippen LogP) is 0.766. The van der Waals surface area contributed by atoms with Crippen LogP contribution < -0.4 is 21.3 Å². The molecule has 6 nitrogen and oxygen atoms in total. The summed E-state index contributed by atoms with van der Waals surface area (Å²) in [5.41, 5.74) is 6.14. The highest BCUT2D eigenvalue weighted by Crippen LogP contribution is 2.12. The molecular formula is C14H15N3O3. The first-order valence-electron chi connectivity index (χ1n) is 6.11. The zero-order valence-corrected chi connectivity index (χ0v) is 10.8. The molecule has 1 aromatic heterocycles. The second-order valence-electron chi connectivity index (χ2n) is 4.10. The standard InChI is InChI=1S/C14H15N3O3/c15-10-4-6-11(7-5-10)20-9-8-16-14(19)12-2-1-3-13(18)17-12/h1-7H,8-9,15H2,(H,16,19)(H,17,18). The Kier molecular flexibility index (Phi) is 4.39. The summed E-state index contributed by atoms with van der Waals surface area (Å²) in [6.07, 6.45) is 0. The molecular weight excluding hydrogens is 258 g/mol. The van der Waals surface area contributed by atoms with E-state index in [9.17, 15) is 9.59 Å². The first-order chi connectivity index (χ1) is 9.65. The Labute approximate surface area is 115 Å². The van der Waals surface area contributed by atoms with Gasteiger partial charge in [0.2, 0.25) is 5.56 Å². The summed E-state index contributed by atoms with van der Waals surface area (Å²) < 4.78 is 5.43. The molecule has 0 atom stereocenters. The van der Waals surface area contributed by atoms with Crippen LogP contribution in [0.4, 0.5) is 5.69 Å². The van der Waals surface area contributed by atoms with Crippen LogP contribution in [0.1, 0.15) is 10.5 Å². The smallest absolute Gasteiger partial charge is 0.267 e. The molecule has 2 rings (SSSR count). The molecule has 2 aromatic rings. The third kappa shape index (κ3) is 3.88. The van der Waals surface area contributed by atoms with Crippen molar-refractivity contribution in [3.63, 3.8) is 0 Å². The topological polar surface area (TPSA) is 97.2 Å². The fraction of sp³-hybridized carbons (Fsp3) is 0.143. The monoisotopic (exact) mass is 273 g/mol. The number of carbonyl (C=O) groups is 1. The van der Waals surface area contributed by atoms with Crippen molar-refractivity contribution in [2.24, 2.45) is 0 Å². The number of H-pyrrole nitrogens is 1. The summed E-state index contributed by atoms with van der Waals surface area (Å²) in [5, 5.41) is 2.65. The molecule has 0 saturated carbocycles. The number of hydrogen-bond acceptors (Lipinski definition) is 4. The van der Waals surface area contributed by atoms with E-state index in [0.29, 0.717) is 24.6 Å². The molecule has 0 fully saturated rings. The lowest BCUT2D eigenvalue weighted by molar-refractivity contribution is 0.0942. The van der Waals surface area contributed by atoms with Crippen LogP contribution in [-0.4, -0.2) is 24.0 Å². The molecule has 104 valence electrons. The number of rotatable bonds is 5. The molecule has 6 heteroatoms. The van der Waals surface area contributed by atoms with Crippen LogP contribution >= 0.6 is 0 Å². The lowest BCUT2D eigenvalue weighted by Crippen LogP contribution is -2.29. The minimum Gasteiger partial charge on any atom is -0.492 e. The molecule has 0 spiro atoms. The lowest BCUT2D eigenvalue weighted by Gasteiger charge is -2.07. The largest absolute Gasteiger partial charge is 0.492 e. The second kappa shape index (κ2) is 6.42. The first-order valence-corrected chi connectivity index (χ1v) is 6.11. The van der Waals surface area contributed by atoms with E-state index in [2.05, 4.69) is 10.3 Å². The van der Waals surface area contributed by atoms with Crippen LogP contribution in [0.15, 0.2) is 47.3 Å². The van der Waals surface area contributed by atoms with Gasteiger partial charge in [-0.15, -0.1) is 0 Å². The van der Waals surface area contributed by atoms with Crippen molar-refractivity contribution in [1.82, 2.24) is 10.3 Å². The van der Waals surface area contributed by atoms with E-state index in [1.54, 1.807) is 24.3 Å². The quantitative estimate of drug-likeness (QED) is 0.553. The molecule has 0 aliphatic carbocycles. The maximum absolute atomic E-state index is 11.7. The van der Waals surface area contributed by atoms with Crippen molar-refractivity contribution in [2.45, 2.75) is 0 Å². The van der Waals surface area contributed by atoms with Crippen LogP contribution in [0.5, 0.6) is 5.75 Å². The van der Waals surface area contributed by atoms with Gasteiger partial charge in [0.15, 0.2) is 0 Å². The molecule has 0 radical (unpaired) electrons. The summed E-state index contributed by atoms with van der Waals surface area (Å²) >= 11 is 0. The summed E-state index contributed by atoms with van der Waals surface area (Å²) in [7, 11) is 0. The minimum absolute atomic E-state index is 0.227. The van der Waals surface area contributed by atoms with Gasteiger partial charge in [0.25, 0.3) is 5.91 Å². The number of pyridine rings is 1. The van der Waals surface area contributed by atoms with E-state index in [0.717, 1.165) is 0 Å². The molecule has 1 amide bonds. The third-order valence-electron chi connectivity index (χ3n) is 2.55. The van der Waals surface area contributed by atoms with Gasteiger partial charge in [0, 0.05) is 11.8 Å². The van der Waals surface area contributed by atoms with E-state index in [1.807, 2.05) is 0 Å². The third-order valence-corrected chi connectivity index (χ3v) is 2.55. The van der Waals surface area contributed by atoms with Crippen molar-refractivity contribution in [1.29, 1.82) is 0 Å². The van der Waals surface area contributed by atoms with Gasteiger partial charge in [0.05, 0.1) is 6.54 Å². The summed E-state index contributed by atoms with van der Waals surface area (Å²) in [5.74, 6) is 0.338. The molecule has 0 aliphatic rings. The maximum atomic E-state index is 11.7. The van der Waals surface area contributed by atoms with Crippen LogP contribution in [0.2, 0.25) is 0 Å². The Balaban J connectivity index is 1.77. The molecule has 20 heavy (non-hydrogen) atoms. The fourth-order valence-corrected chi connectivity index (χ4v) is 1.57. The highest BCUT2D eigenvalue weighted by molar-refractivity contribution is 5.92. The number of amides is 1. The maximum Gasteiger partial charge on any atom is 0.267 e. The average Bonchev–Trinajstić information content (AvgIpc) is 2.45. The number of nitrogens with two attached hydrogens (primary N) is 1. The number of ether oxygens (including phenoxy) is 1. The van der Waals surface area contributed by atoms with Crippen molar-refractivity contribution < 1.29 is 9.53 Å².